The molecule has 3 aromatic rings. The Kier molecular flexibility index (Phi) is 3.25. The zero-order valence-electron chi connectivity index (χ0n) is 11.5. The zero-order valence-corrected chi connectivity index (χ0v) is 11.5. The van der Waals surface area contributed by atoms with Gasteiger partial charge in [0.25, 0.3) is 0 Å². The summed E-state index contributed by atoms with van der Waals surface area (Å²) in [5.74, 6) is -1.02. The predicted molar refractivity (Wildman–Crippen MR) is 79.1 cm³/mol. The van der Waals surface area contributed by atoms with Gasteiger partial charge in [-0.1, -0.05) is 30.3 Å². The summed E-state index contributed by atoms with van der Waals surface area (Å²) in [4.78, 5) is 12.7. The first kappa shape index (κ1) is 13.1. The highest BCUT2D eigenvalue weighted by Crippen LogP contribution is 2.25. The van der Waals surface area contributed by atoms with E-state index in [-0.39, 0.29) is 5.78 Å². The highest BCUT2D eigenvalue weighted by Gasteiger charge is 2.25. The number of carbonyl (C=O) groups is 1. The molecule has 2 heterocycles. The van der Waals surface area contributed by atoms with Crippen LogP contribution in [0, 0.1) is 18.3 Å². The molecule has 21 heavy (non-hydrogen) atoms. The van der Waals surface area contributed by atoms with E-state index in [1.165, 1.54) is 6.20 Å². The van der Waals surface area contributed by atoms with Crippen molar-refractivity contribution < 1.29 is 4.79 Å². The molecule has 0 aliphatic carbocycles. The molecule has 0 radical (unpaired) electrons. The van der Waals surface area contributed by atoms with Gasteiger partial charge in [0.15, 0.2) is 5.78 Å². The van der Waals surface area contributed by atoms with Gasteiger partial charge in [0.2, 0.25) is 0 Å². The average Bonchev–Trinajstić information content (AvgIpc) is 2.93. The molecule has 0 spiro atoms. The number of hydrogen-bond donors (Lipinski definition) is 0. The van der Waals surface area contributed by atoms with Crippen LogP contribution < -0.4 is 0 Å². The molecular weight excluding hydrogens is 262 g/mol. The quantitative estimate of drug-likeness (QED) is 0.690. The summed E-state index contributed by atoms with van der Waals surface area (Å²) >= 11 is 0. The molecule has 2 aromatic heterocycles. The number of nitriles is 1. The Balaban J connectivity index is 2.08. The Bertz CT molecular complexity index is 858. The smallest absolute Gasteiger partial charge is 0.188 e. The van der Waals surface area contributed by atoms with Gasteiger partial charge >= 0.3 is 0 Å². The van der Waals surface area contributed by atoms with Crippen LogP contribution in [0.3, 0.4) is 0 Å². The molecule has 0 aliphatic rings. The topological polar surface area (TPSA) is 58.2 Å². The first-order valence-corrected chi connectivity index (χ1v) is 6.64. The van der Waals surface area contributed by atoms with Crippen LogP contribution in [0.15, 0.2) is 54.9 Å². The molecule has 4 nitrogen and oxygen atoms in total. The molecule has 1 aromatic carbocycles. The van der Waals surface area contributed by atoms with Crippen molar-refractivity contribution in [2.75, 3.05) is 0 Å². The molecule has 102 valence electrons. The van der Waals surface area contributed by atoms with Crippen LogP contribution >= 0.6 is 0 Å². The minimum atomic E-state index is -0.806. The summed E-state index contributed by atoms with van der Waals surface area (Å²) in [5, 5.41) is 13.6. The molecule has 1 atom stereocenters. The number of aryl methyl sites for hydroxylation is 1. The number of carbonyl (C=O) groups excluding carboxylic acids is 1. The van der Waals surface area contributed by atoms with E-state index >= 15 is 0 Å². The Morgan fingerprint density at radius 2 is 2.00 bits per heavy atom. The van der Waals surface area contributed by atoms with Crippen molar-refractivity contribution in [3.8, 4) is 6.07 Å². The minimum absolute atomic E-state index is 0.215. The second kappa shape index (κ2) is 5.22. The molecule has 4 heteroatoms. The predicted octanol–water partition coefficient (Wildman–Crippen LogP) is 3.13. The molecule has 0 fully saturated rings. The second-order valence-electron chi connectivity index (χ2n) is 4.87. The monoisotopic (exact) mass is 275 g/mol. The molecule has 0 aliphatic heterocycles. The highest BCUT2D eigenvalue weighted by atomic mass is 16.1. The van der Waals surface area contributed by atoms with Gasteiger partial charge in [0.1, 0.15) is 5.92 Å². The number of rotatable bonds is 3. The van der Waals surface area contributed by atoms with E-state index in [2.05, 4.69) is 11.2 Å². The van der Waals surface area contributed by atoms with Crippen LogP contribution in [0.1, 0.15) is 27.4 Å². The van der Waals surface area contributed by atoms with Gasteiger partial charge < -0.3 is 0 Å². The van der Waals surface area contributed by atoms with Gasteiger partial charge in [-0.2, -0.15) is 10.4 Å². The minimum Gasteiger partial charge on any atom is -0.292 e. The number of nitrogens with zero attached hydrogens (tertiary/aromatic N) is 3. The van der Waals surface area contributed by atoms with Crippen molar-refractivity contribution in [3.05, 3.63) is 71.5 Å². The first-order chi connectivity index (χ1) is 10.2. The molecule has 3 rings (SSSR count). The fourth-order valence-corrected chi connectivity index (χ4v) is 2.46. The van der Waals surface area contributed by atoms with Gasteiger partial charge in [-0.15, -0.1) is 0 Å². The lowest BCUT2D eigenvalue weighted by Crippen LogP contribution is -2.12. The summed E-state index contributed by atoms with van der Waals surface area (Å²) < 4.78 is 1.64. The van der Waals surface area contributed by atoms with Crippen molar-refractivity contribution in [1.82, 2.24) is 9.61 Å². The van der Waals surface area contributed by atoms with Crippen LogP contribution in [0.25, 0.3) is 5.52 Å². The van der Waals surface area contributed by atoms with Crippen LogP contribution in [-0.4, -0.2) is 15.4 Å². The van der Waals surface area contributed by atoms with E-state index in [1.807, 2.05) is 49.4 Å². The molecule has 0 N–H and O–H groups in total. The molecule has 0 amide bonds. The third-order valence-corrected chi connectivity index (χ3v) is 3.58. The van der Waals surface area contributed by atoms with Crippen LogP contribution in [0.5, 0.6) is 0 Å². The number of Topliss-reactive ketones (excluding diaryl/α,β-unsaturated/α-hetero) is 1. The average molecular weight is 275 g/mol. The number of ketones is 1. The maximum absolute atomic E-state index is 12.7. The normalized spacial score (nSPS) is 12.0. The maximum atomic E-state index is 12.7. The van der Waals surface area contributed by atoms with E-state index < -0.39 is 5.92 Å². The third kappa shape index (κ3) is 2.19. The van der Waals surface area contributed by atoms with Crippen LogP contribution in [0.4, 0.5) is 0 Å². The van der Waals surface area contributed by atoms with Crippen molar-refractivity contribution in [3.63, 3.8) is 0 Å². The Labute approximate surface area is 122 Å². The molecule has 0 saturated heterocycles. The van der Waals surface area contributed by atoms with Gasteiger partial charge in [0.05, 0.1) is 23.3 Å². The van der Waals surface area contributed by atoms with E-state index in [4.69, 9.17) is 0 Å². The van der Waals surface area contributed by atoms with E-state index in [0.717, 1.165) is 16.6 Å². The third-order valence-electron chi connectivity index (χ3n) is 3.58. The highest BCUT2D eigenvalue weighted by molar-refractivity contribution is 6.07. The summed E-state index contributed by atoms with van der Waals surface area (Å²) in [7, 11) is 0. The maximum Gasteiger partial charge on any atom is 0.188 e. The molecular formula is C17H13N3O. The fourth-order valence-electron chi connectivity index (χ4n) is 2.46. The van der Waals surface area contributed by atoms with Crippen LogP contribution in [0.2, 0.25) is 0 Å². The van der Waals surface area contributed by atoms with E-state index in [9.17, 15) is 10.1 Å². The molecule has 1 unspecified atom stereocenters. The van der Waals surface area contributed by atoms with E-state index in [0.29, 0.717) is 5.56 Å². The Hall–Kier alpha value is -2.93. The van der Waals surface area contributed by atoms with Crippen molar-refractivity contribution in [1.29, 1.82) is 5.26 Å². The molecule has 0 bridgehead atoms. The number of pyridine rings is 1. The van der Waals surface area contributed by atoms with Crippen molar-refractivity contribution in [2.24, 2.45) is 0 Å². The van der Waals surface area contributed by atoms with Gasteiger partial charge in [-0.3, -0.25) is 4.79 Å². The number of aromatic nitrogens is 2. The Morgan fingerprint density at radius 3 is 2.76 bits per heavy atom. The molecule has 0 saturated carbocycles. The summed E-state index contributed by atoms with van der Waals surface area (Å²) in [6.07, 6.45) is 3.31. The van der Waals surface area contributed by atoms with Gasteiger partial charge in [-0.05, 0) is 30.2 Å². The lowest BCUT2D eigenvalue weighted by molar-refractivity contribution is 0.0980. The van der Waals surface area contributed by atoms with Crippen LogP contribution in [-0.2, 0) is 0 Å². The SMILES string of the molecule is Cc1ccccc1C(C#N)C(=O)c1cnn2ccccc12. The fraction of sp³-hybridized carbons (Fsp3) is 0.118. The van der Waals surface area contributed by atoms with Gasteiger partial charge in [0, 0.05) is 6.20 Å². The van der Waals surface area contributed by atoms with Crippen molar-refractivity contribution in [2.45, 2.75) is 12.8 Å². The summed E-state index contributed by atoms with van der Waals surface area (Å²) in [6, 6.07) is 15.1. The standard InChI is InChI=1S/C17H13N3O/c1-12-6-2-3-7-13(12)14(10-18)17(21)15-11-19-20-9-5-4-8-16(15)20/h2-9,11,14H,1H3. The van der Waals surface area contributed by atoms with E-state index in [1.54, 1.807) is 10.7 Å². The number of fused-ring (bicyclic) bond motifs is 1. The Morgan fingerprint density at radius 1 is 1.24 bits per heavy atom. The number of benzene rings is 1. The van der Waals surface area contributed by atoms with Gasteiger partial charge in [-0.25, -0.2) is 4.52 Å². The summed E-state index contributed by atoms with van der Waals surface area (Å²) in [6.45, 7) is 1.91. The first-order valence-electron chi connectivity index (χ1n) is 6.64. The lowest BCUT2D eigenvalue weighted by Gasteiger charge is -2.10. The number of hydrogen-bond acceptors (Lipinski definition) is 3. The largest absolute Gasteiger partial charge is 0.292 e. The zero-order chi connectivity index (χ0) is 14.8. The van der Waals surface area contributed by atoms with Crippen molar-refractivity contribution >= 4 is 11.3 Å². The summed E-state index contributed by atoms with van der Waals surface area (Å²) in [5.41, 5.74) is 2.89. The lowest BCUT2D eigenvalue weighted by atomic mass is 9.89. The second-order valence-corrected chi connectivity index (χ2v) is 4.87.